The third kappa shape index (κ3) is 1.94. The van der Waals surface area contributed by atoms with E-state index in [9.17, 15) is 0 Å². The Morgan fingerprint density at radius 1 is 1.00 bits per heavy atom. The maximum atomic E-state index is 4.99. The molecule has 1 aromatic heterocycles. The van der Waals surface area contributed by atoms with Gasteiger partial charge in [0.2, 0.25) is 4.67 Å². The van der Waals surface area contributed by atoms with Crippen LogP contribution in [0.2, 0.25) is 0 Å². The van der Waals surface area contributed by atoms with Crippen molar-refractivity contribution in [3.05, 3.63) is 37.9 Å². The second kappa shape index (κ2) is 4.16. The number of nitrogens with zero attached hydrogens (tertiary/aromatic N) is 1. The van der Waals surface area contributed by atoms with Gasteiger partial charge in [-0.2, -0.15) is 0 Å². The molecule has 0 saturated heterocycles. The van der Waals surface area contributed by atoms with Gasteiger partial charge in [-0.3, -0.25) is 0 Å². The molecule has 0 radical (unpaired) electrons. The fourth-order valence-corrected chi connectivity index (χ4v) is 1.94. The zero-order valence-corrected chi connectivity index (χ0v) is 11.6. The first-order valence-corrected chi connectivity index (χ1v) is 6.13. The summed E-state index contributed by atoms with van der Waals surface area (Å²) in [5.41, 5.74) is 1.80. The van der Waals surface area contributed by atoms with Gasteiger partial charge in [0.15, 0.2) is 0 Å². The number of hydrogen-bond acceptors (Lipinski definition) is 2. The molecular formula is C9H4Br3NO. The molecule has 2 nitrogen and oxygen atoms in total. The Balaban J connectivity index is 2.49. The number of aromatic nitrogens is 1. The van der Waals surface area contributed by atoms with E-state index in [2.05, 4.69) is 52.9 Å². The molecule has 0 atom stereocenters. The molecule has 0 unspecified atom stereocenters. The molecule has 72 valence electrons. The molecule has 5 heteroatoms. The summed E-state index contributed by atoms with van der Waals surface area (Å²) >= 11 is 10.0. The van der Waals surface area contributed by atoms with Gasteiger partial charge in [-0.05, 0) is 44.0 Å². The van der Waals surface area contributed by atoms with E-state index in [1.165, 1.54) is 0 Å². The lowest BCUT2D eigenvalue weighted by Crippen LogP contribution is -1.77. The molecule has 0 saturated carbocycles. The summed E-state index contributed by atoms with van der Waals surface area (Å²) < 4.78 is 7.47. The Morgan fingerprint density at radius 3 is 2.14 bits per heavy atom. The van der Waals surface area contributed by atoms with Crippen LogP contribution in [0, 0.1) is 0 Å². The molecule has 0 spiro atoms. The minimum atomic E-state index is 0.607. The van der Waals surface area contributed by atoms with Gasteiger partial charge in [-0.15, -0.1) is 0 Å². The number of hydrogen-bond donors (Lipinski definition) is 0. The van der Waals surface area contributed by atoms with Crippen LogP contribution in [0.15, 0.2) is 42.4 Å². The van der Waals surface area contributed by atoms with Gasteiger partial charge in [0.25, 0.3) is 0 Å². The summed E-state index contributed by atoms with van der Waals surface area (Å²) in [5.74, 6) is 0. The number of halogens is 3. The van der Waals surface area contributed by atoms with Crippen molar-refractivity contribution in [3.8, 4) is 11.3 Å². The smallest absolute Gasteiger partial charge is 0.216 e. The summed E-state index contributed by atoms with van der Waals surface area (Å²) in [6, 6.07) is 7.87. The van der Waals surface area contributed by atoms with Crippen molar-refractivity contribution in [1.82, 2.24) is 5.16 Å². The van der Waals surface area contributed by atoms with Crippen molar-refractivity contribution in [2.75, 3.05) is 0 Å². The van der Waals surface area contributed by atoms with E-state index in [1.807, 2.05) is 24.3 Å². The van der Waals surface area contributed by atoms with Crippen LogP contribution in [0.3, 0.4) is 0 Å². The first-order chi connectivity index (χ1) is 6.68. The molecular weight excluding hydrogens is 378 g/mol. The third-order valence-corrected chi connectivity index (χ3v) is 4.05. The summed E-state index contributed by atoms with van der Waals surface area (Å²) in [6.07, 6.45) is 0. The monoisotopic (exact) mass is 379 g/mol. The molecule has 2 rings (SSSR count). The zero-order valence-electron chi connectivity index (χ0n) is 6.80. The zero-order chi connectivity index (χ0) is 10.1. The third-order valence-electron chi connectivity index (χ3n) is 1.72. The Labute approximate surface area is 106 Å². The number of rotatable bonds is 1. The van der Waals surface area contributed by atoms with Crippen molar-refractivity contribution in [1.29, 1.82) is 0 Å². The van der Waals surface area contributed by atoms with Crippen LogP contribution in [-0.2, 0) is 0 Å². The van der Waals surface area contributed by atoms with Crippen LogP contribution in [0.5, 0.6) is 0 Å². The highest BCUT2D eigenvalue weighted by Gasteiger charge is 2.12. The fraction of sp³-hybridized carbons (Fsp3) is 0. The van der Waals surface area contributed by atoms with Crippen molar-refractivity contribution < 1.29 is 4.52 Å². The highest BCUT2D eigenvalue weighted by Crippen LogP contribution is 2.33. The highest BCUT2D eigenvalue weighted by atomic mass is 79.9. The lowest BCUT2D eigenvalue weighted by atomic mass is 10.2. The lowest BCUT2D eigenvalue weighted by molar-refractivity contribution is 0.401. The van der Waals surface area contributed by atoms with E-state index in [-0.39, 0.29) is 0 Å². The first-order valence-electron chi connectivity index (χ1n) is 3.75. The van der Waals surface area contributed by atoms with Crippen molar-refractivity contribution in [2.45, 2.75) is 0 Å². The fourth-order valence-electron chi connectivity index (χ4n) is 1.05. The van der Waals surface area contributed by atoms with Crippen LogP contribution in [0.25, 0.3) is 11.3 Å². The molecule has 0 fully saturated rings. The van der Waals surface area contributed by atoms with Crippen LogP contribution in [0.1, 0.15) is 0 Å². The van der Waals surface area contributed by atoms with Crippen LogP contribution in [0.4, 0.5) is 0 Å². The molecule has 0 aliphatic heterocycles. The Kier molecular flexibility index (Phi) is 3.09. The van der Waals surface area contributed by atoms with Gasteiger partial charge in [0.1, 0.15) is 5.69 Å². The normalized spacial score (nSPS) is 10.5. The molecule has 14 heavy (non-hydrogen) atoms. The van der Waals surface area contributed by atoms with Gasteiger partial charge in [0.05, 0.1) is 4.47 Å². The number of benzene rings is 1. The van der Waals surface area contributed by atoms with Gasteiger partial charge >= 0.3 is 0 Å². The van der Waals surface area contributed by atoms with Gasteiger partial charge in [-0.1, -0.05) is 33.2 Å². The minimum Gasteiger partial charge on any atom is -0.347 e. The molecule has 1 aromatic carbocycles. The van der Waals surface area contributed by atoms with E-state index in [0.29, 0.717) is 4.67 Å². The summed E-state index contributed by atoms with van der Waals surface area (Å²) in [6.45, 7) is 0. The minimum absolute atomic E-state index is 0.607. The summed E-state index contributed by atoms with van der Waals surface area (Å²) in [7, 11) is 0. The predicted octanol–water partition coefficient (Wildman–Crippen LogP) is 4.63. The second-order valence-corrected chi connectivity index (χ2v) is 5.05. The van der Waals surface area contributed by atoms with Crippen molar-refractivity contribution >= 4 is 47.8 Å². The molecule has 0 amide bonds. The maximum absolute atomic E-state index is 4.99. The van der Waals surface area contributed by atoms with E-state index in [0.717, 1.165) is 20.2 Å². The molecule has 0 bridgehead atoms. The molecule has 1 heterocycles. The Morgan fingerprint density at radius 2 is 1.64 bits per heavy atom. The highest BCUT2D eigenvalue weighted by molar-refractivity contribution is 9.13. The van der Waals surface area contributed by atoms with Gasteiger partial charge < -0.3 is 4.52 Å². The average molecular weight is 382 g/mol. The van der Waals surface area contributed by atoms with Crippen LogP contribution < -0.4 is 0 Å². The lowest BCUT2D eigenvalue weighted by Gasteiger charge is -1.96. The summed E-state index contributed by atoms with van der Waals surface area (Å²) in [4.78, 5) is 0. The molecule has 0 N–H and O–H groups in total. The van der Waals surface area contributed by atoms with Crippen LogP contribution >= 0.6 is 47.8 Å². The average Bonchev–Trinajstić information content (AvgIpc) is 2.50. The predicted molar refractivity (Wildman–Crippen MR) is 65.0 cm³/mol. The summed E-state index contributed by atoms with van der Waals surface area (Å²) in [5, 5.41) is 3.93. The van der Waals surface area contributed by atoms with Gasteiger partial charge in [0, 0.05) is 10.0 Å². The largest absolute Gasteiger partial charge is 0.347 e. The van der Waals surface area contributed by atoms with Crippen molar-refractivity contribution in [2.24, 2.45) is 0 Å². The van der Waals surface area contributed by atoms with Crippen LogP contribution in [-0.4, -0.2) is 5.16 Å². The topological polar surface area (TPSA) is 26.0 Å². The van der Waals surface area contributed by atoms with E-state index in [4.69, 9.17) is 4.52 Å². The van der Waals surface area contributed by atoms with E-state index >= 15 is 0 Å². The Bertz CT molecular complexity index is 450. The Hall–Kier alpha value is -0.130. The first kappa shape index (κ1) is 10.4. The van der Waals surface area contributed by atoms with Gasteiger partial charge in [-0.25, -0.2) is 0 Å². The standard InChI is InChI=1S/C9H4Br3NO/c10-6-3-1-5(2-4-6)8-7(11)9(12)14-13-8/h1-4H. The quantitative estimate of drug-likeness (QED) is 0.719. The van der Waals surface area contributed by atoms with E-state index in [1.54, 1.807) is 0 Å². The van der Waals surface area contributed by atoms with E-state index < -0.39 is 0 Å². The SMILES string of the molecule is Brc1ccc(-c2noc(Br)c2Br)cc1. The maximum Gasteiger partial charge on any atom is 0.216 e. The van der Waals surface area contributed by atoms with Crippen molar-refractivity contribution in [3.63, 3.8) is 0 Å². The molecule has 0 aliphatic carbocycles. The second-order valence-electron chi connectivity index (χ2n) is 2.63. The molecule has 0 aliphatic rings. The molecule has 2 aromatic rings.